The molecule has 1 N–H and O–H groups in total. The van der Waals surface area contributed by atoms with Gasteiger partial charge in [-0.2, -0.15) is 0 Å². The number of nitrogens with one attached hydrogen (secondary N) is 1. The van der Waals surface area contributed by atoms with Crippen LogP contribution in [0.2, 0.25) is 0 Å². The lowest BCUT2D eigenvalue weighted by Crippen LogP contribution is -2.30. The van der Waals surface area contributed by atoms with E-state index in [9.17, 15) is 4.79 Å². The Morgan fingerprint density at radius 2 is 2.00 bits per heavy atom. The molecule has 0 aromatic heterocycles. The Kier molecular flexibility index (Phi) is 2.76. The molecule has 1 fully saturated rings. The maximum absolute atomic E-state index is 11.7. The fourth-order valence-electron chi connectivity index (χ4n) is 2.21. The van der Waals surface area contributed by atoms with Crippen LogP contribution >= 0.6 is 0 Å². The van der Waals surface area contributed by atoms with Crippen LogP contribution in [0.1, 0.15) is 18.5 Å². The third-order valence-electron chi connectivity index (χ3n) is 3.27. The van der Waals surface area contributed by atoms with Crippen LogP contribution < -0.4 is 5.32 Å². The van der Waals surface area contributed by atoms with Crippen molar-refractivity contribution in [2.45, 2.75) is 19.1 Å². The summed E-state index contributed by atoms with van der Waals surface area (Å²) in [4.78, 5) is 11.7. The molecule has 18 heavy (non-hydrogen) atoms. The number of epoxide rings is 1. The lowest BCUT2D eigenvalue weighted by atomic mass is 9.99. The van der Waals surface area contributed by atoms with Crippen molar-refractivity contribution >= 4 is 16.7 Å². The Balaban J connectivity index is 1.90. The summed E-state index contributed by atoms with van der Waals surface area (Å²) >= 11 is 0. The molecule has 2 unspecified atom stereocenters. The molecule has 0 saturated carbocycles. The van der Waals surface area contributed by atoms with E-state index in [1.54, 1.807) is 0 Å². The van der Waals surface area contributed by atoms with Gasteiger partial charge in [-0.05, 0) is 23.3 Å². The minimum Gasteiger partial charge on any atom is -0.363 e. The molecule has 0 aliphatic carbocycles. The smallest absolute Gasteiger partial charge is 0.252 e. The SMILES string of the molecule is CC(NC(=O)C1CO1)c1cccc2ccccc12. The van der Waals surface area contributed by atoms with Crippen molar-refractivity contribution < 1.29 is 9.53 Å². The summed E-state index contributed by atoms with van der Waals surface area (Å²) in [7, 11) is 0. The van der Waals surface area contributed by atoms with Gasteiger partial charge in [0.15, 0.2) is 6.10 Å². The van der Waals surface area contributed by atoms with E-state index in [0.29, 0.717) is 6.61 Å². The van der Waals surface area contributed by atoms with Gasteiger partial charge in [0.2, 0.25) is 0 Å². The maximum atomic E-state index is 11.7. The van der Waals surface area contributed by atoms with Crippen LogP contribution in [0.25, 0.3) is 10.8 Å². The molecule has 2 aromatic rings. The number of hydrogen-bond acceptors (Lipinski definition) is 2. The number of carbonyl (C=O) groups is 1. The van der Waals surface area contributed by atoms with Gasteiger partial charge in [0.25, 0.3) is 5.91 Å². The summed E-state index contributed by atoms with van der Waals surface area (Å²) in [5.41, 5.74) is 1.14. The molecule has 92 valence electrons. The van der Waals surface area contributed by atoms with Crippen molar-refractivity contribution in [2.24, 2.45) is 0 Å². The predicted octanol–water partition coefficient (Wildman–Crippen LogP) is 2.42. The number of carbonyl (C=O) groups excluding carboxylic acids is 1. The molecule has 1 aliphatic rings. The minimum atomic E-state index is -0.234. The van der Waals surface area contributed by atoms with E-state index in [-0.39, 0.29) is 18.1 Å². The molecule has 0 radical (unpaired) electrons. The Labute approximate surface area is 106 Å². The van der Waals surface area contributed by atoms with Gasteiger partial charge in [-0.3, -0.25) is 4.79 Å². The molecule has 3 nitrogen and oxygen atoms in total. The van der Waals surface area contributed by atoms with Crippen molar-refractivity contribution in [2.75, 3.05) is 6.61 Å². The van der Waals surface area contributed by atoms with Gasteiger partial charge in [0, 0.05) is 0 Å². The second-order valence-electron chi connectivity index (χ2n) is 4.62. The average Bonchev–Trinajstić information content (AvgIpc) is 3.22. The summed E-state index contributed by atoms with van der Waals surface area (Å²) in [5.74, 6) is -0.0181. The monoisotopic (exact) mass is 241 g/mol. The highest BCUT2D eigenvalue weighted by Crippen LogP contribution is 2.24. The summed E-state index contributed by atoms with van der Waals surface area (Å²) in [6, 6.07) is 14.4. The first-order valence-electron chi connectivity index (χ1n) is 6.15. The zero-order valence-corrected chi connectivity index (χ0v) is 10.2. The Morgan fingerprint density at radius 1 is 1.28 bits per heavy atom. The maximum Gasteiger partial charge on any atom is 0.252 e. The van der Waals surface area contributed by atoms with Crippen molar-refractivity contribution in [1.29, 1.82) is 0 Å². The molecular formula is C15H15NO2. The van der Waals surface area contributed by atoms with E-state index >= 15 is 0 Å². The molecule has 3 heteroatoms. The molecule has 1 amide bonds. The number of hydrogen-bond donors (Lipinski definition) is 1. The van der Waals surface area contributed by atoms with E-state index in [2.05, 4.69) is 29.6 Å². The topological polar surface area (TPSA) is 41.6 Å². The number of rotatable bonds is 3. The molecule has 3 rings (SSSR count). The Bertz CT molecular complexity index is 585. The second-order valence-corrected chi connectivity index (χ2v) is 4.62. The van der Waals surface area contributed by atoms with Gasteiger partial charge in [0.1, 0.15) is 0 Å². The highest BCUT2D eigenvalue weighted by Gasteiger charge is 2.32. The van der Waals surface area contributed by atoms with Crippen LogP contribution in [-0.2, 0) is 9.53 Å². The highest BCUT2D eigenvalue weighted by atomic mass is 16.6. The predicted molar refractivity (Wildman–Crippen MR) is 70.2 cm³/mol. The molecular weight excluding hydrogens is 226 g/mol. The third kappa shape index (κ3) is 2.09. The quantitative estimate of drug-likeness (QED) is 0.838. The summed E-state index contributed by atoms with van der Waals surface area (Å²) in [6.45, 7) is 2.55. The van der Waals surface area contributed by atoms with E-state index in [4.69, 9.17) is 4.74 Å². The zero-order chi connectivity index (χ0) is 12.5. The van der Waals surface area contributed by atoms with E-state index in [0.717, 1.165) is 5.56 Å². The fourth-order valence-corrected chi connectivity index (χ4v) is 2.21. The first-order chi connectivity index (χ1) is 8.75. The normalized spacial score (nSPS) is 19.5. The second kappa shape index (κ2) is 4.42. The third-order valence-corrected chi connectivity index (χ3v) is 3.27. The van der Waals surface area contributed by atoms with Crippen LogP contribution in [-0.4, -0.2) is 18.6 Å². The number of benzene rings is 2. The van der Waals surface area contributed by atoms with Crippen molar-refractivity contribution in [3.05, 3.63) is 48.0 Å². The van der Waals surface area contributed by atoms with Gasteiger partial charge in [-0.1, -0.05) is 42.5 Å². The first kappa shape index (κ1) is 11.2. The average molecular weight is 241 g/mol. The van der Waals surface area contributed by atoms with Crippen LogP contribution in [0.4, 0.5) is 0 Å². The van der Waals surface area contributed by atoms with E-state index < -0.39 is 0 Å². The van der Waals surface area contributed by atoms with Crippen molar-refractivity contribution in [1.82, 2.24) is 5.32 Å². The van der Waals surface area contributed by atoms with Crippen LogP contribution in [0, 0.1) is 0 Å². The van der Waals surface area contributed by atoms with Gasteiger partial charge in [0.05, 0.1) is 12.6 Å². The van der Waals surface area contributed by atoms with Gasteiger partial charge >= 0.3 is 0 Å². The molecule has 0 spiro atoms. The van der Waals surface area contributed by atoms with Crippen LogP contribution in [0.5, 0.6) is 0 Å². The Morgan fingerprint density at radius 3 is 2.78 bits per heavy atom. The van der Waals surface area contributed by atoms with Gasteiger partial charge in [-0.25, -0.2) is 0 Å². The number of ether oxygens (including phenoxy) is 1. The van der Waals surface area contributed by atoms with Crippen LogP contribution in [0.15, 0.2) is 42.5 Å². The lowest BCUT2D eigenvalue weighted by molar-refractivity contribution is -0.122. The highest BCUT2D eigenvalue weighted by molar-refractivity contribution is 5.87. The molecule has 2 aromatic carbocycles. The first-order valence-corrected chi connectivity index (χ1v) is 6.15. The standard InChI is InChI=1S/C15H15NO2/c1-10(16-15(17)14-9-18-14)12-8-4-6-11-5-2-3-7-13(11)12/h2-8,10,14H,9H2,1H3,(H,16,17). The number of amides is 1. The van der Waals surface area contributed by atoms with Crippen molar-refractivity contribution in [3.63, 3.8) is 0 Å². The van der Waals surface area contributed by atoms with Crippen LogP contribution in [0.3, 0.4) is 0 Å². The molecule has 2 atom stereocenters. The number of fused-ring (bicyclic) bond motifs is 1. The van der Waals surface area contributed by atoms with E-state index in [1.807, 2.05) is 25.1 Å². The fraction of sp³-hybridized carbons (Fsp3) is 0.267. The van der Waals surface area contributed by atoms with Gasteiger partial charge in [-0.15, -0.1) is 0 Å². The lowest BCUT2D eigenvalue weighted by Gasteiger charge is -2.16. The molecule has 0 bridgehead atoms. The summed E-state index contributed by atoms with van der Waals surface area (Å²) in [6.07, 6.45) is -0.234. The minimum absolute atomic E-state index is 0.00667. The van der Waals surface area contributed by atoms with Crippen molar-refractivity contribution in [3.8, 4) is 0 Å². The molecule has 1 aliphatic heterocycles. The Hall–Kier alpha value is -1.87. The summed E-state index contributed by atoms with van der Waals surface area (Å²) < 4.78 is 4.98. The zero-order valence-electron chi connectivity index (χ0n) is 10.2. The molecule has 1 heterocycles. The largest absolute Gasteiger partial charge is 0.363 e. The van der Waals surface area contributed by atoms with Gasteiger partial charge < -0.3 is 10.1 Å². The molecule has 1 saturated heterocycles. The summed E-state index contributed by atoms with van der Waals surface area (Å²) in [5, 5.41) is 5.36. The van der Waals surface area contributed by atoms with E-state index in [1.165, 1.54) is 10.8 Å².